The van der Waals surface area contributed by atoms with Crippen molar-refractivity contribution in [1.82, 2.24) is 4.90 Å². The molecule has 0 radical (unpaired) electrons. The second-order valence-electron chi connectivity index (χ2n) is 7.23. The average Bonchev–Trinajstić information content (AvgIpc) is 2.47. The zero-order valence-corrected chi connectivity index (χ0v) is 15.8. The maximum absolute atomic E-state index is 12.6. The molecule has 2 aliphatic rings. The third-order valence-corrected chi connectivity index (χ3v) is 8.38. The summed E-state index contributed by atoms with van der Waals surface area (Å²) in [5.41, 5.74) is 4.30. The molecule has 0 spiro atoms. The number of nitrogens with zero attached hydrogens (tertiary/aromatic N) is 2. The molecule has 0 aromatic heterocycles. The van der Waals surface area contributed by atoms with Crippen LogP contribution in [0.15, 0.2) is 46.8 Å². The molecule has 0 bridgehead atoms. The topological polar surface area (TPSA) is 23.6 Å². The fourth-order valence-corrected chi connectivity index (χ4v) is 6.38. The lowest BCUT2D eigenvalue weighted by Crippen LogP contribution is -2.49. The number of carbonyl (C=O) groups is 1. The van der Waals surface area contributed by atoms with Crippen molar-refractivity contribution in [3.63, 3.8) is 0 Å². The van der Waals surface area contributed by atoms with E-state index in [1.165, 1.54) is 21.6 Å². The molecule has 1 aromatic carbocycles. The third kappa shape index (κ3) is 2.47. The predicted molar refractivity (Wildman–Crippen MR) is 101 cm³/mol. The Balaban J connectivity index is 2.22. The second-order valence-corrected chi connectivity index (χ2v) is 11.6. The standard InChI is InChI=1S/C19H24N2OSi/c1-20(2)14-8-7-13-9-16-17(22)10-15(21(3)4)12-19(16)23(5,6)18(13)11-14/h7-12H,1-6H3. The van der Waals surface area contributed by atoms with E-state index in [0.29, 0.717) is 0 Å². The molecule has 0 N–H and O–H groups in total. The summed E-state index contributed by atoms with van der Waals surface area (Å²) >= 11 is 0. The summed E-state index contributed by atoms with van der Waals surface area (Å²) in [6.07, 6.45) is 6.04. The quantitative estimate of drug-likeness (QED) is 0.781. The van der Waals surface area contributed by atoms with Gasteiger partial charge in [-0.1, -0.05) is 19.2 Å². The van der Waals surface area contributed by atoms with E-state index in [1.807, 2.05) is 19.0 Å². The van der Waals surface area contributed by atoms with E-state index in [0.717, 1.165) is 11.3 Å². The molecule has 0 fully saturated rings. The van der Waals surface area contributed by atoms with Gasteiger partial charge >= 0.3 is 0 Å². The van der Waals surface area contributed by atoms with E-state index >= 15 is 0 Å². The zero-order valence-electron chi connectivity index (χ0n) is 14.8. The summed E-state index contributed by atoms with van der Waals surface area (Å²) in [5.74, 6) is 0.133. The zero-order chi connectivity index (χ0) is 16.9. The first kappa shape index (κ1) is 15.8. The summed E-state index contributed by atoms with van der Waals surface area (Å²) in [5, 5.41) is 2.66. The largest absolute Gasteiger partial charge is 0.378 e. The summed E-state index contributed by atoms with van der Waals surface area (Å²) < 4.78 is 0. The lowest BCUT2D eigenvalue weighted by molar-refractivity contribution is -0.111. The Morgan fingerprint density at radius 3 is 2.22 bits per heavy atom. The number of benzene rings is 1. The number of rotatable bonds is 2. The van der Waals surface area contributed by atoms with Crippen molar-refractivity contribution in [2.45, 2.75) is 13.1 Å². The van der Waals surface area contributed by atoms with Crippen molar-refractivity contribution in [3.8, 4) is 0 Å². The molecule has 4 heteroatoms. The van der Waals surface area contributed by atoms with Gasteiger partial charge in [-0.25, -0.2) is 0 Å². The summed E-state index contributed by atoms with van der Waals surface area (Å²) in [6, 6.07) is 6.58. The Morgan fingerprint density at radius 2 is 1.61 bits per heavy atom. The van der Waals surface area contributed by atoms with Crippen molar-refractivity contribution >= 4 is 30.8 Å². The first-order valence-corrected chi connectivity index (χ1v) is 10.9. The lowest BCUT2D eigenvalue weighted by Gasteiger charge is -2.36. The number of likely N-dealkylation sites (N-methyl/N-ethyl adjacent to an activating group) is 1. The van der Waals surface area contributed by atoms with Crippen molar-refractivity contribution in [3.05, 3.63) is 52.4 Å². The fraction of sp³-hybridized carbons (Fsp3) is 0.316. The lowest BCUT2D eigenvalue weighted by atomic mass is 9.99. The molecule has 3 rings (SSSR count). The first-order chi connectivity index (χ1) is 10.7. The highest BCUT2D eigenvalue weighted by Gasteiger charge is 2.39. The van der Waals surface area contributed by atoms with Gasteiger partial charge in [0.2, 0.25) is 0 Å². The highest BCUT2D eigenvalue weighted by Crippen LogP contribution is 2.35. The second kappa shape index (κ2) is 5.23. The molecular formula is C19H24N2OSi. The van der Waals surface area contributed by atoms with Gasteiger partial charge in [-0.15, -0.1) is 0 Å². The van der Waals surface area contributed by atoms with Gasteiger partial charge in [0.15, 0.2) is 5.78 Å². The van der Waals surface area contributed by atoms with Crippen molar-refractivity contribution in [1.29, 1.82) is 0 Å². The van der Waals surface area contributed by atoms with Crippen LogP contribution < -0.4 is 10.1 Å². The summed E-state index contributed by atoms with van der Waals surface area (Å²) in [6.45, 7) is 4.69. The molecule has 1 aliphatic heterocycles. The van der Waals surface area contributed by atoms with Gasteiger partial charge in [-0.05, 0) is 40.2 Å². The van der Waals surface area contributed by atoms with Gasteiger partial charge < -0.3 is 9.80 Å². The van der Waals surface area contributed by atoms with Crippen LogP contribution in [0.2, 0.25) is 13.1 Å². The smallest absolute Gasteiger partial charge is 0.187 e. The number of ketones is 1. The van der Waals surface area contributed by atoms with Gasteiger partial charge in [0, 0.05) is 51.2 Å². The number of hydrogen-bond donors (Lipinski definition) is 0. The van der Waals surface area contributed by atoms with Crippen molar-refractivity contribution < 1.29 is 4.79 Å². The Morgan fingerprint density at radius 1 is 0.913 bits per heavy atom. The van der Waals surface area contributed by atoms with Crippen LogP contribution in [0, 0.1) is 0 Å². The molecule has 120 valence electrons. The SMILES string of the molecule is CN(C)C1=CC(=O)C2=Cc3ccc(N(C)C)cc3[Si](C)(C)C2=C1. The summed E-state index contributed by atoms with van der Waals surface area (Å²) in [4.78, 5) is 16.8. The molecule has 1 heterocycles. The van der Waals surface area contributed by atoms with Crippen LogP contribution in [0.5, 0.6) is 0 Å². The fourth-order valence-electron chi connectivity index (χ4n) is 3.33. The van der Waals surface area contributed by atoms with Gasteiger partial charge in [0.25, 0.3) is 0 Å². The number of hydrogen-bond acceptors (Lipinski definition) is 3. The van der Waals surface area contributed by atoms with Crippen LogP contribution in [0.25, 0.3) is 6.08 Å². The average molecular weight is 325 g/mol. The van der Waals surface area contributed by atoms with E-state index in [2.05, 4.69) is 62.4 Å². The molecule has 0 saturated heterocycles. The maximum Gasteiger partial charge on any atom is 0.187 e. The molecule has 0 saturated carbocycles. The Bertz CT molecular complexity index is 783. The van der Waals surface area contributed by atoms with E-state index in [9.17, 15) is 4.79 Å². The molecule has 0 atom stereocenters. The van der Waals surface area contributed by atoms with Gasteiger partial charge in [0.05, 0.1) is 0 Å². The number of fused-ring (bicyclic) bond motifs is 2. The molecule has 23 heavy (non-hydrogen) atoms. The molecule has 0 unspecified atom stereocenters. The van der Waals surface area contributed by atoms with Gasteiger partial charge in [-0.3, -0.25) is 4.79 Å². The minimum Gasteiger partial charge on any atom is -0.378 e. The van der Waals surface area contributed by atoms with E-state index in [1.54, 1.807) is 6.08 Å². The van der Waals surface area contributed by atoms with Crippen molar-refractivity contribution in [2.75, 3.05) is 33.1 Å². The van der Waals surface area contributed by atoms with Gasteiger partial charge in [0.1, 0.15) is 8.07 Å². The highest BCUT2D eigenvalue weighted by molar-refractivity contribution is 6.98. The van der Waals surface area contributed by atoms with Crippen LogP contribution in [-0.4, -0.2) is 46.9 Å². The van der Waals surface area contributed by atoms with E-state index in [4.69, 9.17) is 0 Å². The third-order valence-electron chi connectivity index (χ3n) is 4.84. The predicted octanol–water partition coefficient (Wildman–Crippen LogP) is 2.56. The Kier molecular flexibility index (Phi) is 3.60. The minimum atomic E-state index is -1.90. The Labute approximate surface area is 139 Å². The maximum atomic E-state index is 12.6. The van der Waals surface area contributed by atoms with E-state index < -0.39 is 8.07 Å². The van der Waals surface area contributed by atoms with Crippen LogP contribution >= 0.6 is 0 Å². The number of carbonyl (C=O) groups excluding carboxylic acids is 1. The monoisotopic (exact) mass is 324 g/mol. The van der Waals surface area contributed by atoms with Crippen LogP contribution in [0.4, 0.5) is 5.69 Å². The van der Waals surface area contributed by atoms with Crippen LogP contribution in [0.3, 0.4) is 0 Å². The minimum absolute atomic E-state index is 0.133. The normalized spacial score (nSPS) is 18.3. The molecular weight excluding hydrogens is 300 g/mol. The van der Waals surface area contributed by atoms with Crippen LogP contribution in [-0.2, 0) is 4.79 Å². The molecule has 1 aliphatic carbocycles. The van der Waals surface area contributed by atoms with Crippen LogP contribution in [0.1, 0.15) is 5.56 Å². The summed E-state index contributed by atoms with van der Waals surface area (Å²) in [7, 11) is 6.20. The van der Waals surface area contributed by atoms with E-state index in [-0.39, 0.29) is 5.78 Å². The molecule has 0 amide bonds. The van der Waals surface area contributed by atoms with Crippen molar-refractivity contribution in [2.24, 2.45) is 0 Å². The first-order valence-electron chi connectivity index (χ1n) is 7.91. The number of allylic oxidation sites excluding steroid dienone is 4. The highest BCUT2D eigenvalue weighted by atomic mass is 28.3. The van der Waals surface area contributed by atoms with Gasteiger partial charge in [-0.2, -0.15) is 0 Å². The molecule has 3 nitrogen and oxygen atoms in total. The number of anilines is 1. The molecule has 1 aromatic rings. The Hall–Kier alpha value is -2.07.